The number of hydrogen-bond acceptors (Lipinski definition) is 6. The molecule has 0 amide bonds. The monoisotopic (exact) mass is 421 g/mol. The standard InChI is InChI=1S/C23H23N3O5/c1-4-25-16(2)21(14-24-25)22(27)10-8-17-9-11-23(30-3)18(12-17)15-31-20-7-5-6-19(13-20)26(28)29/h5-14H,4,15H2,1-3H3/b10-8+. The molecule has 0 atom stereocenters. The summed E-state index contributed by atoms with van der Waals surface area (Å²) in [6.45, 7) is 4.70. The molecule has 1 heterocycles. The topological polar surface area (TPSA) is 96.5 Å². The van der Waals surface area contributed by atoms with Gasteiger partial charge < -0.3 is 9.47 Å². The first-order valence-corrected chi connectivity index (χ1v) is 9.72. The Bertz CT molecular complexity index is 1130. The van der Waals surface area contributed by atoms with Gasteiger partial charge in [0, 0.05) is 23.9 Å². The number of nitrogens with zero attached hydrogens (tertiary/aromatic N) is 3. The second kappa shape index (κ2) is 9.71. The van der Waals surface area contributed by atoms with Crippen LogP contribution in [0.25, 0.3) is 6.08 Å². The number of benzene rings is 2. The molecule has 0 spiro atoms. The van der Waals surface area contributed by atoms with Gasteiger partial charge in [0.25, 0.3) is 5.69 Å². The molecule has 31 heavy (non-hydrogen) atoms. The first-order chi connectivity index (χ1) is 14.9. The third-order valence-electron chi connectivity index (χ3n) is 4.82. The molecular weight excluding hydrogens is 398 g/mol. The van der Waals surface area contributed by atoms with Gasteiger partial charge in [0.1, 0.15) is 18.1 Å². The molecule has 160 valence electrons. The maximum absolute atomic E-state index is 12.5. The van der Waals surface area contributed by atoms with Gasteiger partial charge in [-0.2, -0.15) is 5.10 Å². The van der Waals surface area contributed by atoms with Crippen LogP contribution in [-0.4, -0.2) is 27.6 Å². The van der Waals surface area contributed by atoms with Crippen molar-refractivity contribution in [2.45, 2.75) is 27.0 Å². The molecule has 0 bridgehead atoms. The molecule has 0 saturated heterocycles. The largest absolute Gasteiger partial charge is 0.496 e. The SMILES string of the molecule is CCn1ncc(C(=O)/C=C/c2ccc(OC)c(COc3cccc([N+](=O)[O-])c3)c2)c1C. The lowest BCUT2D eigenvalue weighted by Gasteiger charge is -2.11. The van der Waals surface area contributed by atoms with Crippen LogP contribution in [0.15, 0.2) is 54.7 Å². The summed E-state index contributed by atoms with van der Waals surface area (Å²) in [7, 11) is 1.55. The number of nitro groups is 1. The molecule has 8 heteroatoms. The quantitative estimate of drug-likeness (QED) is 0.217. The second-order valence-corrected chi connectivity index (χ2v) is 6.77. The van der Waals surface area contributed by atoms with E-state index in [4.69, 9.17) is 9.47 Å². The van der Waals surface area contributed by atoms with E-state index in [1.54, 1.807) is 42.3 Å². The van der Waals surface area contributed by atoms with Gasteiger partial charge in [-0.3, -0.25) is 19.6 Å². The van der Waals surface area contributed by atoms with Gasteiger partial charge in [-0.25, -0.2) is 0 Å². The Morgan fingerprint density at radius 3 is 2.74 bits per heavy atom. The highest BCUT2D eigenvalue weighted by Gasteiger charge is 2.12. The number of nitro benzene ring substituents is 1. The van der Waals surface area contributed by atoms with Crippen molar-refractivity contribution in [3.05, 3.63) is 87.2 Å². The Morgan fingerprint density at radius 1 is 1.26 bits per heavy atom. The van der Waals surface area contributed by atoms with Gasteiger partial charge in [-0.15, -0.1) is 0 Å². The third kappa shape index (κ3) is 5.16. The highest BCUT2D eigenvalue weighted by molar-refractivity contribution is 6.07. The van der Waals surface area contributed by atoms with Crippen molar-refractivity contribution in [1.82, 2.24) is 9.78 Å². The van der Waals surface area contributed by atoms with Crippen LogP contribution < -0.4 is 9.47 Å². The molecule has 0 radical (unpaired) electrons. The zero-order valence-corrected chi connectivity index (χ0v) is 17.6. The van der Waals surface area contributed by atoms with Crippen LogP contribution in [0.5, 0.6) is 11.5 Å². The first kappa shape index (κ1) is 21.8. The molecule has 2 aromatic carbocycles. The van der Waals surface area contributed by atoms with Gasteiger partial charge in [0.15, 0.2) is 5.78 Å². The number of aromatic nitrogens is 2. The number of ketones is 1. The van der Waals surface area contributed by atoms with Crippen LogP contribution >= 0.6 is 0 Å². The summed E-state index contributed by atoms with van der Waals surface area (Å²) in [4.78, 5) is 23.0. The average Bonchev–Trinajstić information content (AvgIpc) is 3.16. The van der Waals surface area contributed by atoms with Crippen molar-refractivity contribution in [3.8, 4) is 11.5 Å². The molecule has 0 aliphatic heterocycles. The number of carbonyl (C=O) groups is 1. The fraction of sp³-hybridized carbons (Fsp3) is 0.217. The normalized spacial score (nSPS) is 10.9. The van der Waals surface area contributed by atoms with Crippen LogP contribution in [0.4, 0.5) is 5.69 Å². The van der Waals surface area contributed by atoms with Gasteiger partial charge in [-0.05, 0) is 43.7 Å². The second-order valence-electron chi connectivity index (χ2n) is 6.77. The van der Waals surface area contributed by atoms with E-state index in [0.29, 0.717) is 23.6 Å². The van der Waals surface area contributed by atoms with Crippen molar-refractivity contribution in [2.24, 2.45) is 0 Å². The Kier molecular flexibility index (Phi) is 6.81. The van der Waals surface area contributed by atoms with E-state index in [0.717, 1.165) is 16.8 Å². The fourth-order valence-corrected chi connectivity index (χ4v) is 3.13. The fourth-order valence-electron chi connectivity index (χ4n) is 3.13. The van der Waals surface area contributed by atoms with Crippen molar-refractivity contribution in [3.63, 3.8) is 0 Å². The average molecular weight is 421 g/mol. The number of methoxy groups -OCH3 is 1. The van der Waals surface area contributed by atoms with E-state index in [1.165, 1.54) is 18.2 Å². The molecule has 0 fully saturated rings. The van der Waals surface area contributed by atoms with Crippen LogP contribution in [0, 0.1) is 17.0 Å². The maximum Gasteiger partial charge on any atom is 0.273 e. The molecule has 0 saturated carbocycles. The summed E-state index contributed by atoms with van der Waals surface area (Å²) < 4.78 is 12.9. The minimum Gasteiger partial charge on any atom is -0.496 e. The molecule has 0 aliphatic carbocycles. The zero-order chi connectivity index (χ0) is 22.4. The number of aryl methyl sites for hydroxylation is 1. The van der Waals surface area contributed by atoms with Crippen LogP contribution in [0.1, 0.15) is 34.1 Å². The van der Waals surface area contributed by atoms with E-state index >= 15 is 0 Å². The minimum absolute atomic E-state index is 0.0404. The summed E-state index contributed by atoms with van der Waals surface area (Å²) in [6, 6.07) is 11.5. The number of hydrogen-bond donors (Lipinski definition) is 0. The van der Waals surface area contributed by atoms with Gasteiger partial charge in [-0.1, -0.05) is 18.2 Å². The molecular formula is C23H23N3O5. The van der Waals surface area contributed by atoms with E-state index < -0.39 is 4.92 Å². The van der Waals surface area contributed by atoms with Crippen molar-refractivity contribution in [1.29, 1.82) is 0 Å². The molecule has 0 N–H and O–H groups in total. The molecule has 0 aliphatic rings. The smallest absolute Gasteiger partial charge is 0.273 e. The van der Waals surface area contributed by atoms with E-state index in [9.17, 15) is 14.9 Å². The van der Waals surface area contributed by atoms with Crippen molar-refractivity contribution in [2.75, 3.05) is 7.11 Å². The van der Waals surface area contributed by atoms with Crippen molar-refractivity contribution < 1.29 is 19.2 Å². The highest BCUT2D eigenvalue weighted by atomic mass is 16.6. The van der Waals surface area contributed by atoms with Crippen molar-refractivity contribution >= 4 is 17.5 Å². The number of ether oxygens (including phenoxy) is 2. The lowest BCUT2D eigenvalue weighted by molar-refractivity contribution is -0.384. The summed E-state index contributed by atoms with van der Waals surface area (Å²) in [6.07, 6.45) is 4.82. The Labute approximate surface area is 179 Å². The van der Waals surface area contributed by atoms with E-state index in [2.05, 4.69) is 5.10 Å². The Hall–Kier alpha value is -3.94. The zero-order valence-electron chi connectivity index (χ0n) is 17.6. The number of non-ortho nitro benzene ring substituents is 1. The molecule has 3 rings (SSSR count). The highest BCUT2D eigenvalue weighted by Crippen LogP contribution is 2.25. The predicted molar refractivity (Wildman–Crippen MR) is 116 cm³/mol. The molecule has 1 aromatic heterocycles. The van der Waals surface area contributed by atoms with Crippen LogP contribution in [0.2, 0.25) is 0 Å². The van der Waals surface area contributed by atoms with Crippen LogP contribution in [0.3, 0.4) is 0 Å². The predicted octanol–water partition coefficient (Wildman–Crippen LogP) is 4.60. The van der Waals surface area contributed by atoms with Crippen LogP contribution in [-0.2, 0) is 13.2 Å². The Morgan fingerprint density at radius 2 is 2.06 bits per heavy atom. The summed E-state index contributed by atoms with van der Waals surface area (Å²) in [5.74, 6) is 0.882. The van der Waals surface area contributed by atoms with Gasteiger partial charge >= 0.3 is 0 Å². The first-order valence-electron chi connectivity index (χ1n) is 9.72. The molecule has 8 nitrogen and oxygen atoms in total. The molecule has 0 unspecified atom stereocenters. The lowest BCUT2D eigenvalue weighted by Crippen LogP contribution is -2.02. The number of carbonyl (C=O) groups excluding carboxylic acids is 1. The molecule has 3 aromatic rings. The summed E-state index contributed by atoms with van der Waals surface area (Å²) >= 11 is 0. The minimum atomic E-state index is -0.470. The Balaban J connectivity index is 1.76. The third-order valence-corrected chi connectivity index (χ3v) is 4.82. The van der Waals surface area contributed by atoms with Gasteiger partial charge in [0.2, 0.25) is 0 Å². The van der Waals surface area contributed by atoms with E-state index in [-0.39, 0.29) is 18.1 Å². The summed E-state index contributed by atoms with van der Waals surface area (Å²) in [5.41, 5.74) is 2.91. The van der Waals surface area contributed by atoms with E-state index in [1.807, 2.05) is 26.0 Å². The van der Waals surface area contributed by atoms with Gasteiger partial charge in [0.05, 0.1) is 29.9 Å². The number of rotatable bonds is 9. The number of allylic oxidation sites excluding steroid dienone is 1. The maximum atomic E-state index is 12.5. The lowest BCUT2D eigenvalue weighted by atomic mass is 10.1. The summed E-state index contributed by atoms with van der Waals surface area (Å²) in [5, 5.41) is 15.1.